The van der Waals surface area contributed by atoms with Crippen LogP contribution in [0.25, 0.3) is 0 Å². The number of phenols is 1. The average Bonchev–Trinajstić information content (AvgIpc) is 3.27. The summed E-state index contributed by atoms with van der Waals surface area (Å²) in [6.45, 7) is 4.64. The third-order valence-electron chi connectivity index (χ3n) is 4.47. The molecule has 0 unspecified atom stereocenters. The van der Waals surface area contributed by atoms with Gasteiger partial charge in [-0.3, -0.25) is 9.59 Å². The first-order valence-corrected chi connectivity index (χ1v) is 10.0. The number of ether oxygens (including phenoxy) is 1. The molecule has 0 radical (unpaired) electrons. The van der Waals surface area contributed by atoms with Crippen LogP contribution in [0.5, 0.6) is 5.75 Å². The van der Waals surface area contributed by atoms with Gasteiger partial charge in [0.25, 0.3) is 5.91 Å². The molecule has 0 saturated heterocycles. The molecule has 6 nitrogen and oxygen atoms in total. The summed E-state index contributed by atoms with van der Waals surface area (Å²) in [6.07, 6.45) is 0.645. The number of rotatable bonds is 8. The number of aromatic hydroxyl groups is 1. The van der Waals surface area contributed by atoms with E-state index >= 15 is 0 Å². The number of benzene rings is 1. The van der Waals surface area contributed by atoms with E-state index in [1.807, 2.05) is 13.8 Å². The lowest BCUT2D eigenvalue weighted by Gasteiger charge is -2.27. The summed E-state index contributed by atoms with van der Waals surface area (Å²) in [5, 5.41) is 22.2. The first-order valence-electron chi connectivity index (χ1n) is 9.13. The average molecular weight is 401 g/mol. The van der Waals surface area contributed by atoms with Crippen molar-refractivity contribution in [2.45, 2.75) is 32.4 Å². The van der Waals surface area contributed by atoms with Crippen molar-refractivity contribution in [1.82, 2.24) is 4.90 Å². The van der Waals surface area contributed by atoms with Crippen LogP contribution in [-0.4, -0.2) is 46.1 Å². The van der Waals surface area contributed by atoms with Crippen molar-refractivity contribution in [3.63, 3.8) is 0 Å². The highest BCUT2D eigenvalue weighted by atomic mass is 32.1. The molecule has 28 heavy (non-hydrogen) atoms. The van der Waals surface area contributed by atoms with Crippen LogP contribution >= 0.6 is 11.3 Å². The summed E-state index contributed by atoms with van der Waals surface area (Å²) in [4.78, 5) is 27.7. The maximum Gasteiger partial charge on any atom is 0.290 e. The molecule has 1 atom stereocenters. The fourth-order valence-electron chi connectivity index (χ4n) is 3.25. The molecular weight excluding hydrogens is 378 g/mol. The van der Waals surface area contributed by atoms with Crippen LogP contribution in [0, 0.1) is 0 Å². The van der Waals surface area contributed by atoms with E-state index in [0.29, 0.717) is 30.0 Å². The van der Waals surface area contributed by atoms with E-state index in [4.69, 9.17) is 4.74 Å². The van der Waals surface area contributed by atoms with Gasteiger partial charge in [-0.2, -0.15) is 0 Å². The number of carbonyl (C=O) groups is 2. The van der Waals surface area contributed by atoms with Crippen LogP contribution in [0.3, 0.4) is 0 Å². The number of aliphatic hydroxyl groups is 1. The zero-order valence-corrected chi connectivity index (χ0v) is 16.6. The van der Waals surface area contributed by atoms with Crippen molar-refractivity contribution < 1.29 is 24.5 Å². The maximum atomic E-state index is 13.0. The summed E-state index contributed by atoms with van der Waals surface area (Å²) < 4.78 is 5.54. The van der Waals surface area contributed by atoms with Crippen molar-refractivity contribution in [1.29, 1.82) is 0 Å². The molecule has 7 heteroatoms. The van der Waals surface area contributed by atoms with Gasteiger partial charge in [-0.05, 0) is 49.4 Å². The highest BCUT2D eigenvalue weighted by molar-refractivity contribution is 7.12. The largest absolute Gasteiger partial charge is 0.508 e. The number of phenolic OH excluding ortho intramolecular Hbond substituents is 1. The normalized spacial score (nSPS) is 17.0. The lowest BCUT2D eigenvalue weighted by molar-refractivity contribution is -0.129. The topological polar surface area (TPSA) is 87.1 Å². The van der Waals surface area contributed by atoms with E-state index in [0.717, 1.165) is 0 Å². The molecule has 1 aromatic heterocycles. The zero-order chi connectivity index (χ0) is 20.3. The van der Waals surface area contributed by atoms with Gasteiger partial charge in [0.15, 0.2) is 5.76 Å². The molecule has 148 valence electrons. The van der Waals surface area contributed by atoms with Gasteiger partial charge in [-0.1, -0.05) is 18.2 Å². The molecule has 3 rings (SSSR count). The molecule has 2 aromatic rings. The van der Waals surface area contributed by atoms with E-state index < -0.39 is 17.7 Å². The Balaban J connectivity index is 1.94. The molecule has 0 bridgehead atoms. The molecule has 2 heterocycles. The summed E-state index contributed by atoms with van der Waals surface area (Å²) in [5.41, 5.74) is 0.616. The molecule has 1 aromatic carbocycles. The van der Waals surface area contributed by atoms with Gasteiger partial charge < -0.3 is 19.8 Å². The number of Topliss-reactive ketones (excluding diaryl/α,β-unsaturated/α-hetero) is 1. The second-order valence-electron chi connectivity index (χ2n) is 6.84. The quantitative estimate of drug-likeness (QED) is 0.518. The summed E-state index contributed by atoms with van der Waals surface area (Å²) in [7, 11) is 0. The summed E-state index contributed by atoms with van der Waals surface area (Å²) in [6, 6.07) is 9.06. The lowest BCUT2D eigenvalue weighted by atomic mass is 9.95. The van der Waals surface area contributed by atoms with Gasteiger partial charge >= 0.3 is 0 Å². The Morgan fingerprint density at radius 1 is 1.25 bits per heavy atom. The highest BCUT2D eigenvalue weighted by Crippen LogP contribution is 2.40. The van der Waals surface area contributed by atoms with Gasteiger partial charge in [0, 0.05) is 13.2 Å². The number of hydrogen-bond donors (Lipinski definition) is 2. The van der Waals surface area contributed by atoms with Gasteiger partial charge in [-0.25, -0.2) is 0 Å². The Morgan fingerprint density at radius 3 is 2.68 bits per heavy atom. The fraction of sp³-hybridized carbons (Fsp3) is 0.333. The van der Waals surface area contributed by atoms with Crippen LogP contribution in [0.1, 0.15) is 41.5 Å². The summed E-state index contributed by atoms with van der Waals surface area (Å²) >= 11 is 1.25. The van der Waals surface area contributed by atoms with Crippen molar-refractivity contribution in [3.05, 3.63) is 63.6 Å². The molecule has 0 fully saturated rings. The molecule has 0 aliphatic carbocycles. The number of thiophene rings is 1. The van der Waals surface area contributed by atoms with Crippen molar-refractivity contribution in [2.75, 3.05) is 13.2 Å². The second kappa shape index (κ2) is 8.58. The number of nitrogens with zero attached hydrogens (tertiary/aromatic N) is 1. The minimum Gasteiger partial charge on any atom is -0.508 e. The molecule has 1 amide bonds. The Bertz CT molecular complexity index is 888. The van der Waals surface area contributed by atoms with E-state index in [9.17, 15) is 19.8 Å². The van der Waals surface area contributed by atoms with E-state index in [-0.39, 0.29) is 23.2 Å². The Kier molecular flexibility index (Phi) is 6.16. The predicted molar refractivity (Wildman–Crippen MR) is 107 cm³/mol. The second-order valence-corrected chi connectivity index (χ2v) is 7.79. The third kappa shape index (κ3) is 4.10. The number of amides is 1. The van der Waals surface area contributed by atoms with Gasteiger partial charge in [0.05, 0.1) is 22.6 Å². The monoisotopic (exact) mass is 401 g/mol. The van der Waals surface area contributed by atoms with Crippen molar-refractivity contribution >= 4 is 23.0 Å². The SMILES string of the molecule is CC(C)OCCCN1C(=O)C(O)=C(C(=O)c2cccs2)[C@H]1c1cccc(O)c1. The number of hydrogen-bond acceptors (Lipinski definition) is 6. The fourth-order valence-corrected chi connectivity index (χ4v) is 3.93. The Morgan fingerprint density at radius 2 is 2.04 bits per heavy atom. The highest BCUT2D eigenvalue weighted by Gasteiger charge is 2.43. The predicted octanol–water partition coefficient (Wildman–Crippen LogP) is 3.85. The van der Waals surface area contributed by atoms with Crippen LogP contribution < -0.4 is 0 Å². The molecule has 2 N–H and O–H groups in total. The van der Waals surface area contributed by atoms with Crippen LogP contribution in [0.4, 0.5) is 0 Å². The van der Waals surface area contributed by atoms with Crippen molar-refractivity contribution in [3.8, 4) is 5.75 Å². The van der Waals surface area contributed by atoms with Crippen LogP contribution in [-0.2, 0) is 9.53 Å². The molecule has 0 saturated carbocycles. The van der Waals surface area contributed by atoms with E-state index in [1.165, 1.54) is 28.4 Å². The van der Waals surface area contributed by atoms with Crippen molar-refractivity contribution in [2.24, 2.45) is 0 Å². The third-order valence-corrected chi connectivity index (χ3v) is 5.34. The lowest BCUT2D eigenvalue weighted by Crippen LogP contribution is -2.32. The number of aliphatic hydroxyl groups excluding tert-OH is 1. The minimum atomic E-state index is -0.756. The first-order chi connectivity index (χ1) is 13.4. The molecular formula is C21H23NO5S. The summed E-state index contributed by atoms with van der Waals surface area (Å²) in [5.74, 6) is -1.47. The molecule has 1 aliphatic rings. The van der Waals surface area contributed by atoms with Gasteiger partial charge in [0.1, 0.15) is 5.75 Å². The smallest absolute Gasteiger partial charge is 0.290 e. The van der Waals surface area contributed by atoms with E-state index in [2.05, 4.69) is 0 Å². The molecule has 0 spiro atoms. The number of carbonyl (C=O) groups excluding carboxylic acids is 2. The van der Waals surface area contributed by atoms with E-state index in [1.54, 1.807) is 29.6 Å². The Hall–Kier alpha value is -2.64. The minimum absolute atomic E-state index is 0.0300. The van der Waals surface area contributed by atoms with Crippen LogP contribution in [0.2, 0.25) is 0 Å². The van der Waals surface area contributed by atoms with Gasteiger partial charge in [0.2, 0.25) is 5.78 Å². The first kappa shape index (κ1) is 20.1. The standard InChI is InChI=1S/C21H23NO5S/c1-13(2)27-10-5-9-22-18(14-6-3-7-15(23)12-14)17(20(25)21(22)26)19(24)16-8-4-11-28-16/h3-4,6-8,11-13,18,23,25H,5,9-10H2,1-2H3/t18-/m1/s1. The maximum absolute atomic E-state index is 13.0. The Labute approximate surface area is 167 Å². The number of ketones is 1. The molecule has 1 aliphatic heterocycles. The zero-order valence-electron chi connectivity index (χ0n) is 15.8. The van der Waals surface area contributed by atoms with Crippen LogP contribution in [0.15, 0.2) is 53.1 Å². The van der Waals surface area contributed by atoms with Gasteiger partial charge in [-0.15, -0.1) is 11.3 Å².